The Kier molecular flexibility index (Phi) is 11.3. The molecule has 7 heteroatoms. The van der Waals surface area contributed by atoms with Gasteiger partial charge in [0, 0.05) is 38.3 Å². The van der Waals surface area contributed by atoms with E-state index in [1.807, 2.05) is 43.3 Å². The number of carbonyl (C=O) groups is 1. The number of nitrogens with zero attached hydrogens (tertiary/aromatic N) is 2. The molecule has 6 nitrogen and oxygen atoms in total. The smallest absolute Gasteiger partial charge is 0.251 e. The van der Waals surface area contributed by atoms with Crippen LogP contribution in [0.4, 0.5) is 0 Å². The van der Waals surface area contributed by atoms with Crippen molar-refractivity contribution >= 4 is 35.8 Å². The molecule has 3 N–H and O–H groups in total. The maximum absolute atomic E-state index is 12.2. The summed E-state index contributed by atoms with van der Waals surface area (Å²) in [6, 6.07) is 8.26. The summed E-state index contributed by atoms with van der Waals surface area (Å²) in [5, 5.41) is 9.82. The topological polar surface area (TPSA) is 68.8 Å². The zero-order valence-corrected chi connectivity index (χ0v) is 19.1. The molecule has 0 spiro atoms. The SMILES string of the molecule is CN=C(NCc1cccc(C(=O)NCCN(C)C)c1)NC1CCCCC1.I. The predicted octanol–water partition coefficient (Wildman–Crippen LogP) is 2.59. The molecule has 0 aromatic heterocycles. The van der Waals surface area contributed by atoms with Crippen molar-refractivity contribution in [3.8, 4) is 0 Å². The van der Waals surface area contributed by atoms with Crippen LogP contribution in [0.15, 0.2) is 29.3 Å². The lowest BCUT2D eigenvalue weighted by molar-refractivity contribution is 0.0951. The first-order valence-electron chi connectivity index (χ1n) is 9.57. The molecule has 1 fully saturated rings. The zero-order valence-electron chi connectivity index (χ0n) is 16.8. The number of halogens is 1. The molecular weight excluding hydrogens is 453 g/mol. The first kappa shape index (κ1) is 23.7. The van der Waals surface area contributed by atoms with Crippen molar-refractivity contribution in [1.82, 2.24) is 20.9 Å². The molecule has 1 amide bonds. The Morgan fingerprint density at radius 1 is 1.19 bits per heavy atom. The third-order valence-corrected chi connectivity index (χ3v) is 4.66. The van der Waals surface area contributed by atoms with Gasteiger partial charge in [0.05, 0.1) is 0 Å². The molecule has 152 valence electrons. The van der Waals surface area contributed by atoms with Crippen molar-refractivity contribution in [2.45, 2.75) is 44.7 Å². The Hall–Kier alpha value is -1.35. The van der Waals surface area contributed by atoms with Crippen LogP contribution >= 0.6 is 24.0 Å². The van der Waals surface area contributed by atoms with Gasteiger partial charge in [-0.1, -0.05) is 31.4 Å². The van der Waals surface area contributed by atoms with Gasteiger partial charge in [-0.05, 0) is 44.6 Å². The summed E-state index contributed by atoms with van der Waals surface area (Å²) in [7, 11) is 5.78. The fourth-order valence-corrected chi connectivity index (χ4v) is 3.14. The Morgan fingerprint density at radius 3 is 2.59 bits per heavy atom. The lowest BCUT2D eigenvalue weighted by Gasteiger charge is -2.24. The Balaban J connectivity index is 0.00000364. The molecule has 1 saturated carbocycles. The van der Waals surface area contributed by atoms with Gasteiger partial charge in [0.1, 0.15) is 0 Å². The second-order valence-electron chi connectivity index (χ2n) is 7.16. The van der Waals surface area contributed by atoms with Gasteiger partial charge in [0.2, 0.25) is 0 Å². The van der Waals surface area contributed by atoms with E-state index in [4.69, 9.17) is 0 Å². The van der Waals surface area contributed by atoms with Crippen molar-refractivity contribution in [3.63, 3.8) is 0 Å². The fraction of sp³-hybridized carbons (Fsp3) is 0.600. The van der Waals surface area contributed by atoms with Crippen LogP contribution in [-0.2, 0) is 6.54 Å². The van der Waals surface area contributed by atoms with Crippen molar-refractivity contribution in [3.05, 3.63) is 35.4 Å². The van der Waals surface area contributed by atoms with E-state index in [-0.39, 0.29) is 29.9 Å². The molecule has 1 aliphatic rings. The first-order chi connectivity index (χ1) is 12.6. The number of rotatable bonds is 7. The van der Waals surface area contributed by atoms with Crippen LogP contribution < -0.4 is 16.0 Å². The van der Waals surface area contributed by atoms with Crippen LogP contribution in [0.25, 0.3) is 0 Å². The van der Waals surface area contributed by atoms with Gasteiger partial charge in [-0.25, -0.2) is 0 Å². The van der Waals surface area contributed by atoms with Crippen LogP contribution in [0.1, 0.15) is 48.0 Å². The Labute approximate surface area is 180 Å². The summed E-state index contributed by atoms with van der Waals surface area (Å²) in [6.07, 6.45) is 6.35. The van der Waals surface area contributed by atoms with Crippen LogP contribution in [0.3, 0.4) is 0 Å². The minimum atomic E-state index is -0.0292. The van der Waals surface area contributed by atoms with E-state index in [9.17, 15) is 4.79 Å². The molecule has 0 radical (unpaired) electrons. The van der Waals surface area contributed by atoms with Crippen LogP contribution in [0.2, 0.25) is 0 Å². The van der Waals surface area contributed by atoms with Crippen molar-refractivity contribution < 1.29 is 4.79 Å². The maximum Gasteiger partial charge on any atom is 0.251 e. The second kappa shape index (κ2) is 12.9. The molecule has 27 heavy (non-hydrogen) atoms. The van der Waals surface area contributed by atoms with E-state index in [0.29, 0.717) is 24.7 Å². The van der Waals surface area contributed by atoms with Crippen LogP contribution in [0, 0.1) is 0 Å². The van der Waals surface area contributed by atoms with Gasteiger partial charge in [0.15, 0.2) is 5.96 Å². The highest BCUT2D eigenvalue weighted by atomic mass is 127. The molecular formula is C20H34IN5O. The standard InChI is InChI=1S/C20H33N5O.HI/c1-21-20(24-18-10-5-4-6-11-18)23-15-16-8-7-9-17(14-16)19(26)22-12-13-25(2)3;/h7-9,14,18H,4-6,10-13,15H2,1-3H3,(H,22,26)(H2,21,23,24);1H. The number of likely N-dealkylation sites (N-methyl/N-ethyl adjacent to an activating group) is 1. The minimum absolute atomic E-state index is 0. The summed E-state index contributed by atoms with van der Waals surface area (Å²) >= 11 is 0. The lowest BCUT2D eigenvalue weighted by Crippen LogP contribution is -2.43. The number of amides is 1. The molecule has 0 aliphatic heterocycles. The molecule has 1 aromatic rings. The van der Waals surface area contributed by atoms with E-state index in [1.165, 1.54) is 32.1 Å². The van der Waals surface area contributed by atoms with E-state index >= 15 is 0 Å². The number of hydrogen-bond acceptors (Lipinski definition) is 3. The highest BCUT2D eigenvalue weighted by Crippen LogP contribution is 2.17. The number of hydrogen-bond donors (Lipinski definition) is 3. The monoisotopic (exact) mass is 487 g/mol. The van der Waals surface area contributed by atoms with Gasteiger partial charge in [-0.15, -0.1) is 24.0 Å². The second-order valence-corrected chi connectivity index (χ2v) is 7.16. The van der Waals surface area contributed by atoms with Crippen molar-refractivity contribution in [1.29, 1.82) is 0 Å². The fourth-order valence-electron chi connectivity index (χ4n) is 3.14. The maximum atomic E-state index is 12.2. The molecule has 0 bridgehead atoms. The molecule has 0 saturated heterocycles. The van der Waals surface area contributed by atoms with E-state index in [0.717, 1.165) is 18.1 Å². The summed E-state index contributed by atoms with van der Waals surface area (Å²) < 4.78 is 0. The van der Waals surface area contributed by atoms with Gasteiger partial charge in [-0.2, -0.15) is 0 Å². The zero-order chi connectivity index (χ0) is 18.8. The van der Waals surface area contributed by atoms with Crippen LogP contribution in [-0.4, -0.2) is 57.0 Å². The third kappa shape index (κ3) is 8.92. The predicted molar refractivity (Wildman–Crippen MR) is 123 cm³/mol. The molecule has 0 unspecified atom stereocenters. The number of aliphatic imine (C=N–C) groups is 1. The van der Waals surface area contributed by atoms with Crippen LogP contribution in [0.5, 0.6) is 0 Å². The van der Waals surface area contributed by atoms with Crippen molar-refractivity contribution in [2.75, 3.05) is 34.2 Å². The van der Waals surface area contributed by atoms with Crippen molar-refractivity contribution in [2.24, 2.45) is 4.99 Å². The summed E-state index contributed by atoms with van der Waals surface area (Å²) in [5.41, 5.74) is 1.76. The van der Waals surface area contributed by atoms with E-state index < -0.39 is 0 Å². The average Bonchev–Trinajstić information content (AvgIpc) is 2.65. The minimum Gasteiger partial charge on any atom is -0.354 e. The third-order valence-electron chi connectivity index (χ3n) is 4.66. The quantitative estimate of drug-likeness (QED) is 0.314. The Bertz CT molecular complexity index is 600. The number of carbonyl (C=O) groups excluding carboxylic acids is 1. The van der Waals surface area contributed by atoms with Gasteiger partial charge >= 0.3 is 0 Å². The summed E-state index contributed by atoms with van der Waals surface area (Å²) in [4.78, 5) is 18.6. The first-order valence-corrected chi connectivity index (χ1v) is 9.57. The average molecular weight is 487 g/mol. The number of nitrogens with one attached hydrogen (secondary N) is 3. The molecule has 1 aromatic carbocycles. The number of guanidine groups is 1. The molecule has 0 heterocycles. The van der Waals surface area contributed by atoms with Gasteiger partial charge in [0.25, 0.3) is 5.91 Å². The largest absolute Gasteiger partial charge is 0.354 e. The van der Waals surface area contributed by atoms with E-state index in [2.05, 4.69) is 20.9 Å². The van der Waals surface area contributed by atoms with Gasteiger partial charge < -0.3 is 20.9 Å². The highest BCUT2D eigenvalue weighted by Gasteiger charge is 2.14. The molecule has 0 atom stereocenters. The molecule has 2 rings (SSSR count). The van der Waals surface area contributed by atoms with Gasteiger partial charge in [-0.3, -0.25) is 9.79 Å². The highest BCUT2D eigenvalue weighted by molar-refractivity contribution is 14.0. The van der Waals surface area contributed by atoms with E-state index in [1.54, 1.807) is 7.05 Å². The molecule has 1 aliphatic carbocycles. The summed E-state index contributed by atoms with van der Waals surface area (Å²) in [6.45, 7) is 2.12. The lowest BCUT2D eigenvalue weighted by atomic mass is 9.96. The number of benzene rings is 1. The summed E-state index contributed by atoms with van der Waals surface area (Å²) in [5.74, 6) is 0.802. The normalized spacial score (nSPS) is 15.2. The Morgan fingerprint density at radius 2 is 1.93 bits per heavy atom.